The lowest BCUT2D eigenvalue weighted by Gasteiger charge is -2.25. The first-order valence-electron chi connectivity index (χ1n) is 7.54. The van der Waals surface area contributed by atoms with E-state index in [1.807, 2.05) is 24.3 Å². The maximum atomic E-state index is 12.9. The van der Waals surface area contributed by atoms with Gasteiger partial charge in [-0.15, -0.1) is 11.3 Å². The molecule has 3 nitrogen and oxygen atoms in total. The molecular formula is C19H20O3S. The molecule has 0 saturated heterocycles. The van der Waals surface area contributed by atoms with E-state index >= 15 is 0 Å². The Bertz CT molecular complexity index is 956. The van der Waals surface area contributed by atoms with E-state index in [1.165, 1.54) is 11.3 Å². The number of aliphatic hydroxyl groups is 2. The molecule has 1 aromatic heterocycles. The Morgan fingerprint density at radius 3 is 2.17 bits per heavy atom. The smallest absolute Gasteiger partial charge is 0.195 e. The minimum Gasteiger partial charge on any atom is -0.386 e. The van der Waals surface area contributed by atoms with Gasteiger partial charge in [0.25, 0.3) is 0 Å². The first-order chi connectivity index (χ1) is 10.6. The van der Waals surface area contributed by atoms with Crippen molar-refractivity contribution in [2.75, 3.05) is 0 Å². The average molecular weight is 328 g/mol. The molecular weight excluding hydrogens is 308 g/mol. The van der Waals surface area contributed by atoms with Crippen LogP contribution in [-0.2, 0) is 11.2 Å². The van der Waals surface area contributed by atoms with Crippen LogP contribution in [0, 0.1) is 0 Å². The van der Waals surface area contributed by atoms with Crippen molar-refractivity contribution in [2.24, 2.45) is 0 Å². The Balaban J connectivity index is 2.55. The molecule has 2 N–H and O–H groups in total. The van der Waals surface area contributed by atoms with Crippen molar-refractivity contribution in [3.63, 3.8) is 0 Å². The van der Waals surface area contributed by atoms with E-state index in [-0.39, 0.29) is 5.43 Å². The Labute approximate surface area is 138 Å². The summed E-state index contributed by atoms with van der Waals surface area (Å²) in [5.74, 6) is 0. The van der Waals surface area contributed by atoms with Gasteiger partial charge in [-0.1, -0.05) is 12.1 Å². The van der Waals surface area contributed by atoms with Gasteiger partial charge in [-0.25, -0.2) is 0 Å². The van der Waals surface area contributed by atoms with Crippen molar-refractivity contribution in [1.29, 1.82) is 0 Å². The lowest BCUT2D eigenvalue weighted by Crippen LogP contribution is -2.21. The van der Waals surface area contributed by atoms with Gasteiger partial charge in [0.1, 0.15) is 0 Å². The highest BCUT2D eigenvalue weighted by Gasteiger charge is 2.26. The SMILES string of the molecule is CC(C)(O)c1cc(C(C)(C)O)c2sc3ccccc3c(=O)c2c1. The monoisotopic (exact) mass is 328 g/mol. The third-order valence-electron chi connectivity index (χ3n) is 4.04. The molecule has 0 radical (unpaired) electrons. The summed E-state index contributed by atoms with van der Waals surface area (Å²) >= 11 is 1.50. The molecule has 4 heteroatoms. The summed E-state index contributed by atoms with van der Waals surface area (Å²) in [4.78, 5) is 12.9. The second kappa shape index (κ2) is 5.13. The summed E-state index contributed by atoms with van der Waals surface area (Å²) in [5.41, 5.74) is -0.963. The molecule has 0 spiro atoms. The van der Waals surface area contributed by atoms with Crippen molar-refractivity contribution < 1.29 is 10.2 Å². The Morgan fingerprint density at radius 1 is 0.913 bits per heavy atom. The standard InChI is InChI=1S/C19H20O3S/c1-18(2,21)11-9-13-16(20)12-7-5-6-8-15(12)23-17(13)14(10-11)19(3,4)22/h5-10,21-22H,1-4H3. The fraction of sp³-hybridized carbons (Fsp3) is 0.316. The normalized spacial score (nSPS) is 13.0. The zero-order valence-corrected chi connectivity index (χ0v) is 14.5. The molecule has 2 aromatic carbocycles. The molecule has 0 aliphatic heterocycles. The van der Waals surface area contributed by atoms with Crippen LogP contribution in [0.1, 0.15) is 38.8 Å². The van der Waals surface area contributed by atoms with Gasteiger partial charge in [0.05, 0.1) is 11.2 Å². The molecule has 120 valence electrons. The van der Waals surface area contributed by atoms with Crippen LogP contribution in [0.3, 0.4) is 0 Å². The molecule has 3 aromatic rings. The van der Waals surface area contributed by atoms with Crippen molar-refractivity contribution in [2.45, 2.75) is 38.9 Å². The van der Waals surface area contributed by atoms with Crippen LogP contribution in [-0.4, -0.2) is 10.2 Å². The number of benzene rings is 2. The van der Waals surface area contributed by atoms with Crippen LogP contribution >= 0.6 is 11.3 Å². The van der Waals surface area contributed by atoms with Crippen molar-refractivity contribution >= 4 is 31.5 Å². The van der Waals surface area contributed by atoms with Gasteiger partial charge < -0.3 is 10.2 Å². The van der Waals surface area contributed by atoms with Crippen molar-refractivity contribution in [1.82, 2.24) is 0 Å². The maximum absolute atomic E-state index is 12.9. The van der Waals surface area contributed by atoms with E-state index in [0.717, 1.165) is 9.40 Å². The van der Waals surface area contributed by atoms with Crippen LogP contribution in [0.4, 0.5) is 0 Å². The van der Waals surface area contributed by atoms with Gasteiger partial charge >= 0.3 is 0 Å². The Kier molecular flexibility index (Phi) is 3.59. The second-order valence-corrected chi connectivity index (χ2v) is 8.00. The molecule has 0 atom stereocenters. The van der Waals surface area contributed by atoms with Crippen LogP contribution in [0.2, 0.25) is 0 Å². The first-order valence-corrected chi connectivity index (χ1v) is 8.36. The molecule has 3 rings (SSSR count). The quantitative estimate of drug-likeness (QED) is 0.702. The maximum Gasteiger partial charge on any atom is 0.195 e. The summed E-state index contributed by atoms with van der Waals surface area (Å²) < 4.78 is 1.67. The second-order valence-electron chi connectivity index (χ2n) is 6.95. The summed E-state index contributed by atoms with van der Waals surface area (Å²) in [6.45, 7) is 6.75. The van der Waals surface area contributed by atoms with E-state index in [1.54, 1.807) is 39.8 Å². The van der Waals surface area contributed by atoms with Crippen molar-refractivity contribution in [3.05, 3.63) is 57.7 Å². The largest absolute Gasteiger partial charge is 0.386 e. The Hall–Kier alpha value is -1.75. The van der Waals surface area contributed by atoms with Gasteiger partial charge in [0.15, 0.2) is 5.43 Å². The van der Waals surface area contributed by atoms with E-state index in [9.17, 15) is 15.0 Å². The van der Waals surface area contributed by atoms with Crippen LogP contribution < -0.4 is 5.43 Å². The van der Waals surface area contributed by atoms with Gasteiger partial charge in [0.2, 0.25) is 0 Å². The van der Waals surface area contributed by atoms with Gasteiger partial charge in [-0.05, 0) is 57.5 Å². The number of rotatable bonds is 2. The molecule has 0 aliphatic carbocycles. The van der Waals surface area contributed by atoms with Gasteiger partial charge in [0, 0.05) is 25.7 Å². The van der Waals surface area contributed by atoms with Gasteiger partial charge in [-0.2, -0.15) is 0 Å². The fourth-order valence-corrected chi connectivity index (χ4v) is 4.03. The predicted octanol–water partition coefficient (Wildman–Crippen LogP) is 3.87. The van der Waals surface area contributed by atoms with Crippen LogP contribution in [0.15, 0.2) is 41.2 Å². The molecule has 23 heavy (non-hydrogen) atoms. The third kappa shape index (κ3) is 2.78. The molecule has 0 bridgehead atoms. The van der Waals surface area contributed by atoms with E-state index in [4.69, 9.17) is 0 Å². The number of fused-ring (bicyclic) bond motifs is 2. The number of hydrogen-bond donors (Lipinski definition) is 2. The zero-order chi connectivity index (χ0) is 17.0. The summed E-state index contributed by atoms with van der Waals surface area (Å²) in [6.07, 6.45) is 0. The van der Waals surface area contributed by atoms with Crippen LogP contribution in [0.5, 0.6) is 0 Å². The average Bonchev–Trinajstić information content (AvgIpc) is 2.44. The first kappa shape index (κ1) is 16.1. The van der Waals surface area contributed by atoms with E-state index in [0.29, 0.717) is 21.9 Å². The summed E-state index contributed by atoms with van der Waals surface area (Å²) in [6, 6.07) is 11.0. The molecule has 0 saturated carbocycles. The van der Waals surface area contributed by atoms with E-state index in [2.05, 4.69) is 0 Å². The molecule has 0 fully saturated rings. The van der Waals surface area contributed by atoms with Gasteiger partial charge in [-0.3, -0.25) is 4.79 Å². The van der Waals surface area contributed by atoms with Crippen LogP contribution in [0.25, 0.3) is 20.2 Å². The lowest BCUT2D eigenvalue weighted by atomic mass is 9.89. The predicted molar refractivity (Wildman–Crippen MR) is 96.1 cm³/mol. The summed E-state index contributed by atoms with van der Waals surface area (Å²) in [5, 5.41) is 22.1. The highest BCUT2D eigenvalue weighted by molar-refractivity contribution is 7.24. The topological polar surface area (TPSA) is 57.5 Å². The minimum absolute atomic E-state index is 0.0639. The summed E-state index contributed by atoms with van der Waals surface area (Å²) in [7, 11) is 0. The zero-order valence-electron chi connectivity index (χ0n) is 13.7. The fourth-order valence-electron chi connectivity index (χ4n) is 2.71. The minimum atomic E-state index is -1.11. The molecule has 0 aliphatic rings. The Morgan fingerprint density at radius 2 is 1.57 bits per heavy atom. The third-order valence-corrected chi connectivity index (χ3v) is 5.26. The van der Waals surface area contributed by atoms with Crippen molar-refractivity contribution in [3.8, 4) is 0 Å². The lowest BCUT2D eigenvalue weighted by molar-refractivity contribution is 0.0730. The highest BCUT2D eigenvalue weighted by atomic mass is 32.1. The molecule has 1 heterocycles. The number of hydrogen-bond acceptors (Lipinski definition) is 4. The van der Waals surface area contributed by atoms with E-state index < -0.39 is 11.2 Å². The molecule has 0 amide bonds. The highest BCUT2D eigenvalue weighted by Crippen LogP contribution is 2.36. The molecule has 0 unspecified atom stereocenters.